The Morgan fingerprint density at radius 3 is 2.44 bits per heavy atom. The fraction of sp³-hybridized carbons (Fsp3) is 0.562. The van der Waals surface area contributed by atoms with Crippen molar-refractivity contribution in [3.8, 4) is 0 Å². The summed E-state index contributed by atoms with van der Waals surface area (Å²) in [5.41, 5.74) is 3.69. The fourth-order valence-electron chi connectivity index (χ4n) is 2.85. The zero-order chi connectivity index (χ0) is 13.4. The molecular weight excluding hydrogens is 222 g/mol. The molecule has 18 heavy (non-hydrogen) atoms. The van der Waals surface area contributed by atoms with Crippen LogP contribution in [0.25, 0.3) is 0 Å². The maximum Gasteiger partial charge on any atom is 0.157 e. The first-order valence-corrected chi connectivity index (χ1v) is 6.74. The van der Waals surface area contributed by atoms with Gasteiger partial charge in [-0.15, -0.1) is 0 Å². The Kier molecular flexibility index (Phi) is 3.58. The van der Waals surface area contributed by atoms with Crippen molar-refractivity contribution >= 4 is 5.78 Å². The number of hydrogen-bond donors (Lipinski definition) is 0. The van der Waals surface area contributed by atoms with Gasteiger partial charge in [0.05, 0.1) is 6.04 Å². The number of rotatable bonds is 1. The van der Waals surface area contributed by atoms with E-state index in [0.717, 1.165) is 12.0 Å². The molecule has 0 saturated carbocycles. The molecule has 2 rings (SSSR count). The number of likely N-dealkylation sites (tertiary alicyclic amines) is 1. The van der Waals surface area contributed by atoms with Crippen LogP contribution in [0.15, 0.2) is 18.2 Å². The molecule has 0 aliphatic carbocycles. The monoisotopic (exact) mass is 245 g/mol. The van der Waals surface area contributed by atoms with Gasteiger partial charge in [-0.3, -0.25) is 9.69 Å². The zero-order valence-corrected chi connectivity index (χ0v) is 12.0. The average molecular weight is 245 g/mol. The summed E-state index contributed by atoms with van der Waals surface area (Å²) in [5.74, 6) is 0.529. The van der Waals surface area contributed by atoms with Gasteiger partial charge in [0.25, 0.3) is 0 Å². The van der Waals surface area contributed by atoms with E-state index in [-0.39, 0.29) is 12.0 Å². The summed E-state index contributed by atoms with van der Waals surface area (Å²) < 4.78 is 0. The number of nitrogens with zero attached hydrogens (tertiary/aromatic N) is 1. The second-order valence-electron chi connectivity index (χ2n) is 5.80. The van der Waals surface area contributed by atoms with Crippen LogP contribution in [0.3, 0.4) is 0 Å². The number of ketones is 1. The summed E-state index contributed by atoms with van der Waals surface area (Å²) in [4.78, 5) is 14.7. The second kappa shape index (κ2) is 4.85. The van der Waals surface area contributed by atoms with Crippen LogP contribution in [0.2, 0.25) is 0 Å². The lowest BCUT2D eigenvalue weighted by Gasteiger charge is -2.40. The van der Waals surface area contributed by atoms with Gasteiger partial charge < -0.3 is 0 Å². The molecule has 0 spiro atoms. The number of carbonyl (C=O) groups excluding carboxylic acids is 1. The minimum Gasteiger partial charge on any atom is -0.297 e. The minimum absolute atomic E-state index is 0.0666. The molecule has 0 aromatic heterocycles. The zero-order valence-electron chi connectivity index (χ0n) is 12.0. The van der Waals surface area contributed by atoms with Crippen LogP contribution in [-0.2, 0) is 4.79 Å². The molecule has 0 amide bonds. The number of hydrogen-bond acceptors (Lipinski definition) is 2. The summed E-state index contributed by atoms with van der Waals surface area (Å²) in [7, 11) is 2.06. The highest BCUT2D eigenvalue weighted by Crippen LogP contribution is 2.33. The highest BCUT2D eigenvalue weighted by Gasteiger charge is 2.37. The van der Waals surface area contributed by atoms with Crippen LogP contribution in [0, 0.1) is 19.8 Å². The number of Topliss-reactive ketones (excluding diaryl/α,β-unsaturated/α-hetero) is 1. The van der Waals surface area contributed by atoms with Crippen molar-refractivity contribution in [3.05, 3.63) is 34.9 Å². The summed E-state index contributed by atoms with van der Waals surface area (Å²) in [6, 6.07) is 6.79. The first-order chi connectivity index (χ1) is 8.41. The number of likely N-dealkylation sites (N-methyl/N-ethyl adjacent to an activating group) is 1. The summed E-state index contributed by atoms with van der Waals surface area (Å²) in [5, 5.41) is 0. The standard InChI is InChI=1S/C16H23NO/c1-10-6-7-14(9-11(10)2)15-16(18)12(3)8-13(4)17(15)5/h6-7,9,12-13,15H,8H2,1-5H3. The molecule has 1 aliphatic rings. The topological polar surface area (TPSA) is 20.3 Å². The Balaban J connectivity index is 2.39. The Morgan fingerprint density at radius 1 is 1.17 bits per heavy atom. The predicted molar refractivity (Wildman–Crippen MR) is 74.7 cm³/mol. The third-order valence-corrected chi connectivity index (χ3v) is 4.40. The van der Waals surface area contributed by atoms with Crippen LogP contribution in [0.5, 0.6) is 0 Å². The van der Waals surface area contributed by atoms with E-state index in [1.807, 2.05) is 0 Å². The molecule has 1 aromatic carbocycles. The van der Waals surface area contributed by atoms with E-state index in [9.17, 15) is 4.79 Å². The average Bonchev–Trinajstić information content (AvgIpc) is 2.31. The Morgan fingerprint density at radius 2 is 1.83 bits per heavy atom. The van der Waals surface area contributed by atoms with Crippen LogP contribution < -0.4 is 0 Å². The third-order valence-electron chi connectivity index (χ3n) is 4.40. The van der Waals surface area contributed by atoms with Gasteiger partial charge in [-0.2, -0.15) is 0 Å². The summed E-state index contributed by atoms with van der Waals surface area (Å²) in [6.45, 7) is 8.48. The lowest BCUT2D eigenvalue weighted by molar-refractivity contribution is -0.132. The predicted octanol–water partition coefficient (Wildman–Crippen LogP) is 3.27. The van der Waals surface area contributed by atoms with Gasteiger partial charge >= 0.3 is 0 Å². The molecule has 2 heteroatoms. The van der Waals surface area contributed by atoms with Crippen LogP contribution >= 0.6 is 0 Å². The summed E-state index contributed by atoms with van der Waals surface area (Å²) in [6.07, 6.45) is 0.969. The fourth-order valence-corrected chi connectivity index (χ4v) is 2.85. The molecule has 1 aliphatic heterocycles. The lowest BCUT2D eigenvalue weighted by atomic mass is 9.83. The molecule has 2 nitrogen and oxygen atoms in total. The van der Waals surface area contributed by atoms with E-state index >= 15 is 0 Å². The Labute approximate surface area is 110 Å². The Hall–Kier alpha value is -1.15. The molecule has 1 fully saturated rings. The highest BCUT2D eigenvalue weighted by atomic mass is 16.1. The number of benzene rings is 1. The quantitative estimate of drug-likeness (QED) is 0.757. The van der Waals surface area contributed by atoms with Crippen molar-refractivity contribution in [3.63, 3.8) is 0 Å². The molecule has 1 aromatic rings. The largest absolute Gasteiger partial charge is 0.297 e. The van der Waals surface area contributed by atoms with E-state index < -0.39 is 0 Å². The van der Waals surface area contributed by atoms with Crippen molar-refractivity contribution < 1.29 is 4.79 Å². The third kappa shape index (κ3) is 2.22. The number of aryl methyl sites for hydroxylation is 2. The molecule has 3 unspecified atom stereocenters. The Bertz CT molecular complexity index is 466. The minimum atomic E-state index is -0.0666. The smallest absolute Gasteiger partial charge is 0.157 e. The normalized spacial score (nSPS) is 29.6. The van der Waals surface area contributed by atoms with Crippen LogP contribution in [0.4, 0.5) is 0 Å². The lowest BCUT2D eigenvalue weighted by Crippen LogP contribution is -2.45. The number of carbonyl (C=O) groups is 1. The van der Waals surface area contributed by atoms with Crippen LogP contribution in [-0.4, -0.2) is 23.8 Å². The van der Waals surface area contributed by atoms with Crippen LogP contribution in [0.1, 0.15) is 43.0 Å². The van der Waals surface area contributed by atoms with E-state index in [1.165, 1.54) is 11.1 Å². The second-order valence-corrected chi connectivity index (χ2v) is 5.80. The molecule has 0 bridgehead atoms. The van der Waals surface area contributed by atoms with Crippen molar-refractivity contribution in [1.82, 2.24) is 4.90 Å². The highest BCUT2D eigenvalue weighted by molar-refractivity contribution is 5.88. The van der Waals surface area contributed by atoms with E-state index in [2.05, 4.69) is 57.8 Å². The maximum absolute atomic E-state index is 12.4. The van der Waals surface area contributed by atoms with Crippen molar-refractivity contribution in [2.75, 3.05) is 7.05 Å². The van der Waals surface area contributed by atoms with E-state index in [1.54, 1.807) is 0 Å². The molecule has 3 atom stereocenters. The SMILES string of the molecule is Cc1ccc(C2C(=O)C(C)CC(C)N2C)cc1C. The molecule has 0 N–H and O–H groups in total. The van der Waals surface area contributed by atoms with Gasteiger partial charge in [0, 0.05) is 12.0 Å². The van der Waals surface area contributed by atoms with Crippen molar-refractivity contribution in [1.29, 1.82) is 0 Å². The van der Waals surface area contributed by atoms with Gasteiger partial charge in [-0.1, -0.05) is 25.1 Å². The molecule has 98 valence electrons. The maximum atomic E-state index is 12.4. The molecule has 1 heterocycles. The molecular formula is C16H23NO. The summed E-state index contributed by atoms with van der Waals surface area (Å²) >= 11 is 0. The van der Waals surface area contributed by atoms with Crippen molar-refractivity contribution in [2.24, 2.45) is 5.92 Å². The van der Waals surface area contributed by atoms with Gasteiger partial charge in [0.1, 0.15) is 0 Å². The van der Waals surface area contributed by atoms with Crippen molar-refractivity contribution in [2.45, 2.75) is 46.2 Å². The van der Waals surface area contributed by atoms with E-state index in [4.69, 9.17) is 0 Å². The number of piperidine rings is 1. The first-order valence-electron chi connectivity index (χ1n) is 6.74. The van der Waals surface area contributed by atoms with Gasteiger partial charge in [-0.25, -0.2) is 0 Å². The first kappa shape index (κ1) is 13.3. The van der Waals surface area contributed by atoms with Gasteiger partial charge in [-0.05, 0) is 50.9 Å². The molecule has 0 radical (unpaired) electrons. The van der Waals surface area contributed by atoms with Gasteiger partial charge in [0.2, 0.25) is 0 Å². The van der Waals surface area contributed by atoms with Gasteiger partial charge in [0.15, 0.2) is 5.78 Å². The molecule has 1 saturated heterocycles. The van der Waals surface area contributed by atoms with E-state index in [0.29, 0.717) is 11.8 Å².